The maximum absolute atomic E-state index is 14.1. The van der Waals surface area contributed by atoms with Crippen LogP contribution in [-0.4, -0.2) is 0 Å². The number of nitriles is 1. The topological polar surface area (TPSA) is 23.8 Å². The minimum atomic E-state index is -1.94. The van der Waals surface area contributed by atoms with Crippen LogP contribution in [0.3, 0.4) is 0 Å². The number of allylic oxidation sites excluding steroid dienone is 1. The Bertz CT molecular complexity index is 364. The standard InChI is InChI=1S/C12H12FN/c1-10(2)8-12(13,9-14)11-6-4-3-5-7-11/h3-7H,1,8H2,2H3. The van der Waals surface area contributed by atoms with Gasteiger partial charge in [0.15, 0.2) is 0 Å². The molecule has 0 fully saturated rings. The van der Waals surface area contributed by atoms with Gasteiger partial charge in [0.05, 0.1) is 0 Å². The lowest BCUT2D eigenvalue weighted by molar-refractivity contribution is 0.243. The summed E-state index contributed by atoms with van der Waals surface area (Å²) in [6, 6.07) is 10.2. The summed E-state index contributed by atoms with van der Waals surface area (Å²) < 4.78 is 14.1. The Morgan fingerprint density at radius 3 is 2.50 bits per heavy atom. The van der Waals surface area contributed by atoms with Gasteiger partial charge in [-0.25, -0.2) is 4.39 Å². The van der Waals surface area contributed by atoms with E-state index in [0.717, 1.165) is 0 Å². The van der Waals surface area contributed by atoms with Crippen LogP contribution in [0.5, 0.6) is 0 Å². The van der Waals surface area contributed by atoms with Gasteiger partial charge >= 0.3 is 0 Å². The zero-order chi connectivity index (χ0) is 10.6. The van der Waals surface area contributed by atoms with Gasteiger partial charge in [-0.3, -0.25) is 0 Å². The Hall–Kier alpha value is -1.62. The molecule has 0 aromatic heterocycles. The van der Waals surface area contributed by atoms with Crippen LogP contribution in [0.4, 0.5) is 4.39 Å². The van der Waals surface area contributed by atoms with Crippen LogP contribution in [0.15, 0.2) is 42.5 Å². The first-order valence-corrected chi connectivity index (χ1v) is 4.38. The van der Waals surface area contributed by atoms with E-state index in [1.807, 2.05) is 0 Å². The summed E-state index contributed by atoms with van der Waals surface area (Å²) in [4.78, 5) is 0. The molecule has 1 unspecified atom stereocenters. The average molecular weight is 189 g/mol. The SMILES string of the molecule is C=C(C)CC(F)(C#N)c1ccccc1. The summed E-state index contributed by atoms with van der Waals surface area (Å²) in [6.07, 6.45) is 0.0491. The summed E-state index contributed by atoms with van der Waals surface area (Å²) in [7, 11) is 0. The van der Waals surface area contributed by atoms with Crippen LogP contribution >= 0.6 is 0 Å². The molecule has 14 heavy (non-hydrogen) atoms. The van der Waals surface area contributed by atoms with Crippen molar-refractivity contribution in [2.24, 2.45) is 0 Å². The molecule has 1 rings (SSSR count). The van der Waals surface area contributed by atoms with E-state index in [-0.39, 0.29) is 6.42 Å². The Morgan fingerprint density at radius 2 is 2.07 bits per heavy atom. The normalized spacial score (nSPS) is 14.1. The molecule has 1 aromatic carbocycles. The molecule has 0 amide bonds. The molecule has 1 nitrogen and oxygen atoms in total. The van der Waals surface area contributed by atoms with E-state index in [1.54, 1.807) is 43.3 Å². The molecule has 1 atom stereocenters. The van der Waals surface area contributed by atoms with Crippen molar-refractivity contribution >= 4 is 0 Å². The van der Waals surface area contributed by atoms with Gasteiger partial charge in [0, 0.05) is 12.0 Å². The number of nitrogens with zero attached hydrogens (tertiary/aromatic N) is 1. The number of rotatable bonds is 3. The highest BCUT2D eigenvalue weighted by Gasteiger charge is 2.31. The number of benzene rings is 1. The highest BCUT2D eigenvalue weighted by molar-refractivity contribution is 5.30. The third kappa shape index (κ3) is 2.20. The Kier molecular flexibility index (Phi) is 3.03. The van der Waals surface area contributed by atoms with E-state index in [0.29, 0.717) is 11.1 Å². The maximum Gasteiger partial charge on any atom is 0.224 e. The van der Waals surface area contributed by atoms with Gasteiger partial charge in [0.25, 0.3) is 0 Å². The minimum Gasteiger partial charge on any atom is -0.222 e. The second-order valence-corrected chi connectivity index (χ2v) is 3.41. The summed E-state index contributed by atoms with van der Waals surface area (Å²) in [5, 5.41) is 8.82. The fourth-order valence-electron chi connectivity index (χ4n) is 1.32. The quantitative estimate of drug-likeness (QED) is 0.669. The van der Waals surface area contributed by atoms with Gasteiger partial charge in [0.1, 0.15) is 6.07 Å². The molecule has 1 aromatic rings. The van der Waals surface area contributed by atoms with Gasteiger partial charge < -0.3 is 0 Å². The van der Waals surface area contributed by atoms with Crippen LogP contribution in [0.2, 0.25) is 0 Å². The number of alkyl halides is 1. The van der Waals surface area contributed by atoms with Gasteiger partial charge in [-0.05, 0) is 6.92 Å². The van der Waals surface area contributed by atoms with Crippen molar-refractivity contribution < 1.29 is 4.39 Å². The van der Waals surface area contributed by atoms with Crippen molar-refractivity contribution in [3.63, 3.8) is 0 Å². The van der Waals surface area contributed by atoms with E-state index < -0.39 is 5.67 Å². The van der Waals surface area contributed by atoms with Crippen LogP contribution in [0, 0.1) is 11.3 Å². The Morgan fingerprint density at radius 1 is 1.50 bits per heavy atom. The van der Waals surface area contributed by atoms with Crippen molar-refractivity contribution in [2.75, 3.05) is 0 Å². The lowest BCUT2D eigenvalue weighted by Gasteiger charge is -2.17. The van der Waals surface area contributed by atoms with Crippen LogP contribution < -0.4 is 0 Å². The molecule has 0 N–H and O–H groups in total. The third-order valence-electron chi connectivity index (χ3n) is 1.95. The first-order valence-electron chi connectivity index (χ1n) is 4.38. The fourth-order valence-corrected chi connectivity index (χ4v) is 1.32. The monoisotopic (exact) mass is 189 g/mol. The van der Waals surface area contributed by atoms with Crippen molar-refractivity contribution in [1.82, 2.24) is 0 Å². The first-order chi connectivity index (χ1) is 6.58. The first kappa shape index (κ1) is 10.5. The summed E-state index contributed by atoms with van der Waals surface area (Å²) in [5.74, 6) is 0. The minimum absolute atomic E-state index is 0.0491. The van der Waals surface area contributed by atoms with Gasteiger partial charge in [-0.15, -0.1) is 0 Å². The van der Waals surface area contributed by atoms with Gasteiger partial charge in [-0.1, -0.05) is 42.5 Å². The summed E-state index contributed by atoms with van der Waals surface area (Å²) in [6.45, 7) is 5.34. The number of hydrogen-bond donors (Lipinski definition) is 0. The highest BCUT2D eigenvalue weighted by Crippen LogP contribution is 2.31. The molecule has 0 saturated carbocycles. The van der Waals surface area contributed by atoms with E-state index in [4.69, 9.17) is 5.26 Å². The van der Waals surface area contributed by atoms with Gasteiger partial charge in [0.2, 0.25) is 5.67 Å². The van der Waals surface area contributed by atoms with Crippen molar-refractivity contribution in [3.05, 3.63) is 48.0 Å². The van der Waals surface area contributed by atoms with Crippen LogP contribution in [-0.2, 0) is 5.67 Å². The zero-order valence-corrected chi connectivity index (χ0v) is 8.13. The zero-order valence-electron chi connectivity index (χ0n) is 8.13. The highest BCUT2D eigenvalue weighted by atomic mass is 19.1. The molecule has 0 aliphatic heterocycles. The summed E-state index contributed by atoms with van der Waals surface area (Å²) >= 11 is 0. The van der Waals surface area contributed by atoms with Crippen molar-refractivity contribution in [2.45, 2.75) is 19.0 Å². The molecular weight excluding hydrogens is 177 g/mol. The molecule has 72 valence electrons. The van der Waals surface area contributed by atoms with E-state index in [1.165, 1.54) is 0 Å². The molecular formula is C12H12FN. The lowest BCUT2D eigenvalue weighted by atomic mass is 9.91. The predicted molar refractivity (Wildman–Crippen MR) is 54.3 cm³/mol. The smallest absolute Gasteiger partial charge is 0.222 e. The molecule has 2 heteroatoms. The number of hydrogen-bond acceptors (Lipinski definition) is 1. The Balaban J connectivity index is 3.03. The molecule has 0 heterocycles. The number of halogens is 1. The maximum atomic E-state index is 14.1. The van der Waals surface area contributed by atoms with Crippen LogP contribution in [0.1, 0.15) is 18.9 Å². The fraction of sp³-hybridized carbons (Fsp3) is 0.250. The van der Waals surface area contributed by atoms with E-state index >= 15 is 0 Å². The molecule has 0 bridgehead atoms. The van der Waals surface area contributed by atoms with Gasteiger partial charge in [-0.2, -0.15) is 5.26 Å². The molecule has 0 aliphatic rings. The van der Waals surface area contributed by atoms with E-state index in [9.17, 15) is 4.39 Å². The van der Waals surface area contributed by atoms with Crippen LogP contribution in [0.25, 0.3) is 0 Å². The summed E-state index contributed by atoms with van der Waals surface area (Å²) in [5.41, 5.74) is -0.879. The molecule has 0 aliphatic carbocycles. The lowest BCUT2D eigenvalue weighted by Crippen LogP contribution is -2.17. The second kappa shape index (κ2) is 4.06. The predicted octanol–water partition coefficient (Wildman–Crippen LogP) is 3.34. The average Bonchev–Trinajstić information content (AvgIpc) is 2.18. The second-order valence-electron chi connectivity index (χ2n) is 3.41. The molecule has 0 saturated heterocycles. The molecule has 0 radical (unpaired) electrons. The Labute approximate surface area is 83.5 Å². The van der Waals surface area contributed by atoms with Crippen molar-refractivity contribution in [3.8, 4) is 6.07 Å². The largest absolute Gasteiger partial charge is 0.224 e. The molecule has 0 spiro atoms. The third-order valence-corrected chi connectivity index (χ3v) is 1.95. The van der Waals surface area contributed by atoms with Crippen molar-refractivity contribution in [1.29, 1.82) is 5.26 Å². The van der Waals surface area contributed by atoms with E-state index in [2.05, 4.69) is 6.58 Å².